The second-order valence-corrected chi connectivity index (χ2v) is 2.84. The number of aromatic nitrogens is 1. The second-order valence-electron chi connectivity index (χ2n) is 2.48. The molecule has 0 fully saturated rings. The van der Waals surface area contributed by atoms with Crippen LogP contribution in [0.4, 0.5) is 0 Å². The number of hydrogen-bond acceptors (Lipinski definition) is 3. The van der Waals surface area contributed by atoms with Crippen molar-refractivity contribution in [3.63, 3.8) is 0 Å². The molecule has 0 aliphatic heterocycles. The Morgan fingerprint density at radius 2 is 2.38 bits per heavy atom. The highest BCUT2D eigenvalue weighted by atomic mass is 35.5. The van der Waals surface area contributed by atoms with E-state index >= 15 is 0 Å². The highest BCUT2D eigenvalue weighted by Crippen LogP contribution is 2.13. The van der Waals surface area contributed by atoms with Gasteiger partial charge in [0.25, 0.3) is 0 Å². The van der Waals surface area contributed by atoms with Crippen molar-refractivity contribution in [3.05, 3.63) is 44.9 Å². The van der Waals surface area contributed by atoms with E-state index in [2.05, 4.69) is 4.98 Å². The van der Waals surface area contributed by atoms with Crippen molar-refractivity contribution in [2.75, 3.05) is 0 Å². The van der Waals surface area contributed by atoms with Crippen molar-refractivity contribution in [2.24, 2.45) is 0 Å². The van der Waals surface area contributed by atoms with Crippen LogP contribution in [0.2, 0.25) is 5.15 Å². The van der Waals surface area contributed by atoms with Gasteiger partial charge in [-0.15, -0.1) is 0 Å². The van der Waals surface area contributed by atoms with Crippen LogP contribution in [0.25, 0.3) is 6.08 Å². The average molecular weight is 199 g/mol. The zero-order valence-electron chi connectivity index (χ0n) is 6.90. The van der Waals surface area contributed by atoms with Crippen molar-refractivity contribution >= 4 is 17.7 Å². The zero-order chi connectivity index (χ0) is 9.84. The van der Waals surface area contributed by atoms with E-state index in [-0.39, 0.29) is 0 Å². The predicted molar refractivity (Wildman–Crippen MR) is 50.0 cm³/mol. The standard InChI is InChI=1S/C8H7ClN2O2/c1-6-4-7(2-3-11(12)13)5-10-8(6)9/h2-5H,1H3/b3-2+. The Morgan fingerprint density at radius 1 is 1.69 bits per heavy atom. The van der Waals surface area contributed by atoms with E-state index in [0.717, 1.165) is 11.8 Å². The summed E-state index contributed by atoms with van der Waals surface area (Å²) in [7, 11) is 0. The van der Waals surface area contributed by atoms with Crippen molar-refractivity contribution in [2.45, 2.75) is 6.92 Å². The maximum absolute atomic E-state index is 10.00. The largest absolute Gasteiger partial charge is 0.259 e. The first-order valence-electron chi connectivity index (χ1n) is 3.53. The van der Waals surface area contributed by atoms with Gasteiger partial charge in [0.2, 0.25) is 6.20 Å². The van der Waals surface area contributed by atoms with Gasteiger partial charge < -0.3 is 0 Å². The fourth-order valence-electron chi connectivity index (χ4n) is 0.818. The van der Waals surface area contributed by atoms with Crippen LogP contribution < -0.4 is 0 Å². The quantitative estimate of drug-likeness (QED) is 0.416. The Hall–Kier alpha value is -1.42. The molecule has 0 N–H and O–H groups in total. The van der Waals surface area contributed by atoms with Crippen LogP contribution in [0.15, 0.2) is 18.5 Å². The lowest BCUT2D eigenvalue weighted by Gasteiger charge is -1.96. The molecule has 1 heterocycles. The number of rotatable bonds is 2. The van der Waals surface area contributed by atoms with Crippen LogP contribution in [0.3, 0.4) is 0 Å². The van der Waals surface area contributed by atoms with Crippen LogP contribution >= 0.6 is 11.6 Å². The molecule has 0 atom stereocenters. The van der Waals surface area contributed by atoms with Crippen molar-refractivity contribution in [3.8, 4) is 0 Å². The molecular weight excluding hydrogens is 192 g/mol. The number of nitro groups is 1. The molecule has 0 spiro atoms. The van der Waals surface area contributed by atoms with E-state index in [9.17, 15) is 10.1 Å². The summed E-state index contributed by atoms with van der Waals surface area (Å²) < 4.78 is 0. The number of hydrogen-bond donors (Lipinski definition) is 0. The fourth-order valence-corrected chi connectivity index (χ4v) is 0.921. The summed E-state index contributed by atoms with van der Waals surface area (Å²) in [5.74, 6) is 0. The predicted octanol–water partition coefficient (Wildman–Crippen LogP) is 2.29. The molecule has 0 unspecified atom stereocenters. The monoisotopic (exact) mass is 198 g/mol. The van der Waals surface area contributed by atoms with Crippen molar-refractivity contribution < 1.29 is 4.92 Å². The SMILES string of the molecule is Cc1cc(/C=C/[N+](=O)[O-])cnc1Cl. The third-order valence-corrected chi connectivity index (χ3v) is 1.82. The highest BCUT2D eigenvalue weighted by molar-refractivity contribution is 6.30. The summed E-state index contributed by atoms with van der Waals surface area (Å²) in [6, 6.07) is 1.73. The lowest BCUT2D eigenvalue weighted by atomic mass is 10.2. The van der Waals surface area contributed by atoms with Crippen LogP contribution in [0, 0.1) is 17.0 Å². The Kier molecular flexibility index (Phi) is 2.97. The molecule has 0 saturated carbocycles. The van der Waals surface area contributed by atoms with Crippen LogP contribution in [-0.4, -0.2) is 9.91 Å². The maximum Gasteiger partial charge on any atom is 0.235 e. The fraction of sp³-hybridized carbons (Fsp3) is 0.125. The summed E-state index contributed by atoms with van der Waals surface area (Å²) in [4.78, 5) is 13.3. The first kappa shape index (κ1) is 9.67. The van der Waals surface area contributed by atoms with Crippen LogP contribution in [0.1, 0.15) is 11.1 Å². The molecule has 0 saturated heterocycles. The third-order valence-electron chi connectivity index (χ3n) is 1.42. The Balaban J connectivity index is 2.92. The van der Waals surface area contributed by atoms with Gasteiger partial charge in [0, 0.05) is 12.3 Å². The van der Waals surface area contributed by atoms with Gasteiger partial charge in [-0.3, -0.25) is 10.1 Å². The summed E-state index contributed by atoms with van der Waals surface area (Å²) in [5.41, 5.74) is 1.46. The van der Waals surface area contributed by atoms with Gasteiger partial charge in [-0.1, -0.05) is 11.6 Å². The minimum Gasteiger partial charge on any atom is -0.259 e. The van der Waals surface area contributed by atoms with Gasteiger partial charge in [-0.25, -0.2) is 4.98 Å². The molecule has 0 aliphatic carbocycles. The minimum atomic E-state index is -0.524. The van der Waals surface area contributed by atoms with Gasteiger partial charge in [-0.2, -0.15) is 0 Å². The molecule has 1 rings (SSSR count). The molecule has 0 amide bonds. The Labute approximate surface area is 80.0 Å². The van der Waals surface area contributed by atoms with E-state index in [1.807, 2.05) is 0 Å². The molecular formula is C8H7ClN2O2. The summed E-state index contributed by atoms with van der Waals surface area (Å²) >= 11 is 5.67. The Bertz CT molecular complexity index is 363. The molecule has 0 aromatic carbocycles. The average Bonchev–Trinajstić information content (AvgIpc) is 2.07. The van der Waals surface area contributed by atoms with Crippen LogP contribution in [0.5, 0.6) is 0 Å². The molecule has 4 nitrogen and oxygen atoms in total. The van der Waals surface area contributed by atoms with Gasteiger partial charge in [0.05, 0.1) is 4.92 Å². The molecule has 0 bridgehead atoms. The van der Waals surface area contributed by atoms with Crippen molar-refractivity contribution in [1.82, 2.24) is 4.98 Å². The van der Waals surface area contributed by atoms with Crippen molar-refractivity contribution in [1.29, 1.82) is 0 Å². The van der Waals surface area contributed by atoms with Gasteiger partial charge >= 0.3 is 0 Å². The Morgan fingerprint density at radius 3 is 2.92 bits per heavy atom. The summed E-state index contributed by atoms with van der Waals surface area (Å²) in [6.07, 6.45) is 3.72. The molecule has 1 aromatic heterocycles. The molecule has 1 aromatic rings. The van der Waals surface area contributed by atoms with E-state index in [1.165, 1.54) is 12.3 Å². The van der Waals surface area contributed by atoms with Gasteiger partial charge in [0.15, 0.2) is 0 Å². The normalized spacial score (nSPS) is 10.6. The lowest BCUT2D eigenvalue weighted by Crippen LogP contribution is -1.85. The number of nitrogens with zero attached hydrogens (tertiary/aromatic N) is 2. The topological polar surface area (TPSA) is 56.0 Å². The highest BCUT2D eigenvalue weighted by Gasteiger charge is 1.97. The zero-order valence-corrected chi connectivity index (χ0v) is 7.65. The van der Waals surface area contributed by atoms with E-state index in [4.69, 9.17) is 11.6 Å². The third kappa shape index (κ3) is 2.83. The van der Waals surface area contributed by atoms with E-state index in [0.29, 0.717) is 10.7 Å². The second kappa shape index (κ2) is 4.00. The molecule has 0 radical (unpaired) electrons. The van der Waals surface area contributed by atoms with Gasteiger partial charge in [-0.05, 0) is 24.1 Å². The maximum atomic E-state index is 10.00. The number of pyridine rings is 1. The van der Waals surface area contributed by atoms with Crippen LogP contribution in [-0.2, 0) is 0 Å². The smallest absolute Gasteiger partial charge is 0.235 e. The molecule has 68 valence electrons. The number of aryl methyl sites for hydroxylation is 1. The summed E-state index contributed by atoms with van der Waals surface area (Å²) in [6.45, 7) is 1.79. The first-order valence-corrected chi connectivity index (χ1v) is 3.91. The molecule has 0 aliphatic rings. The minimum absolute atomic E-state index is 0.415. The number of halogens is 1. The summed E-state index contributed by atoms with van der Waals surface area (Å²) in [5, 5.41) is 10.4. The van der Waals surface area contributed by atoms with Gasteiger partial charge in [0.1, 0.15) is 5.15 Å². The molecule has 5 heteroatoms. The first-order chi connectivity index (χ1) is 6.09. The van der Waals surface area contributed by atoms with E-state index < -0.39 is 4.92 Å². The lowest BCUT2D eigenvalue weighted by molar-refractivity contribution is -0.400. The molecule has 13 heavy (non-hydrogen) atoms. The van der Waals surface area contributed by atoms with E-state index in [1.54, 1.807) is 13.0 Å².